The molecule has 0 amide bonds. The molecule has 0 bridgehead atoms. The van der Waals surface area contributed by atoms with Crippen LogP contribution in [0.25, 0.3) is 16.4 Å². The van der Waals surface area contributed by atoms with Crippen LogP contribution in [0.4, 0.5) is 0 Å². The molecule has 0 fully saturated rings. The zero-order chi connectivity index (χ0) is 22.1. The van der Waals surface area contributed by atoms with E-state index < -0.39 is 0 Å². The van der Waals surface area contributed by atoms with E-state index in [-0.39, 0.29) is 35.9 Å². The summed E-state index contributed by atoms with van der Waals surface area (Å²) in [5.41, 5.74) is 9.01. The first kappa shape index (κ1) is 30.7. The van der Waals surface area contributed by atoms with Crippen molar-refractivity contribution in [3.63, 3.8) is 0 Å². The summed E-state index contributed by atoms with van der Waals surface area (Å²) in [6.45, 7) is 21.8. The summed E-state index contributed by atoms with van der Waals surface area (Å²) in [4.78, 5) is 0. The fraction of sp³-hybridized carbons (Fsp3) is 0.556. The third-order valence-corrected chi connectivity index (χ3v) is 6.04. The smallest absolute Gasteiger partial charge is 1.00 e. The summed E-state index contributed by atoms with van der Waals surface area (Å²) in [5.74, 6) is 1.18. The molecular weight excluding hydrogens is 457 g/mol. The van der Waals surface area contributed by atoms with Crippen molar-refractivity contribution in [2.24, 2.45) is 0 Å². The van der Waals surface area contributed by atoms with Gasteiger partial charge in [0.15, 0.2) is 0 Å². The van der Waals surface area contributed by atoms with Gasteiger partial charge in [-0.25, -0.2) is 0 Å². The van der Waals surface area contributed by atoms with Crippen LogP contribution in [-0.2, 0) is 20.4 Å². The molecule has 0 aromatic heterocycles. The standard InChI is InChI=1S/C19H21.C8H18N.2ClH.Ti/c1-12(2)14-5-7-16-9-17-8-6-15(13(3)4)11-19(17)18(16)10-14;1-7(2,3)9-8(4,5)6;;;/h5-13H,1-4H3;1-6H3;2*1H;/q;-1;;;+3/p-2. The molecule has 2 aromatic rings. The van der Waals surface area contributed by atoms with Crippen LogP contribution in [0.15, 0.2) is 36.4 Å². The normalized spacial score (nSPS) is 13.1. The van der Waals surface area contributed by atoms with Gasteiger partial charge in [0.25, 0.3) is 0 Å². The van der Waals surface area contributed by atoms with Crippen LogP contribution in [0.1, 0.15) is 108 Å². The van der Waals surface area contributed by atoms with Gasteiger partial charge in [0.1, 0.15) is 0 Å². The maximum Gasteiger partial charge on any atom is -1.00 e. The Balaban J connectivity index is 0.000000709. The van der Waals surface area contributed by atoms with Crippen molar-refractivity contribution < 1.29 is 45.2 Å². The van der Waals surface area contributed by atoms with Gasteiger partial charge in [-0.15, -0.1) is 11.1 Å². The van der Waals surface area contributed by atoms with Gasteiger partial charge in [-0.3, -0.25) is 0 Å². The molecule has 0 saturated heterocycles. The van der Waals surface area contributed by atoms with Gasteiger partial charge < -0.3 is 30.1 Å². The van der Waals surface area contributed by atoms with Crippen molar-refractivity contribution in [3.05, 3.63) is 64.0 Å². The van der Waals surface area contributed by atoms with Crippen molar-refractivity contribution in [1.82, 2.24) is 0 Å². The average Bonchev–Trinajstić information content (AvgIpc) is 2.84. The van der Waals surface area contributed by atoms with Crippen LogP contribution in [0, 0.1) is 0 Å². The molecule has 1 aliphatic carbocycles. The van der Waals surface area contributed by atoms with Gasteiger partial charge in [-0.2, -0.15) is 0 Å². The van der Waals surface area contributed by atoms with Gasteiger partial charge >= 0.3 is 134 Å². The van der Waals surface area contributed by atoms with E-state index in [9.17, 15) is 0 Å². The van der Waals surface area contributed by atoms with E-state index in [4.69, 9.17) is 0 Å². The topological polar surface area (TPSA) is 14.1 Å². The van der Waals surface area contributed by atoms with Crippen molar-refractivity contribution in [2.45, 2.75) is 96.4 Å². The molecule has 0 heterocycles. The number of benzene rings is 2. The fourth-order valence-corrected chi connectivity index (χ4v) is 4.80. The number of hydrogen-bond donors (Lipinski definition) is 0. The van der Waals surface area contributed by atoms with Crippen molar-refractivity contribution in [2.75, 3.05) is 0 Å². The quantitative estimate of drug-likeness (QED) is 0.568. The maximum absolute atomic E-state index is 4.54. The summed E-state index contributed by atoms with van der Waals surface area (Å²) < 4.78 is 0.530. The number of fused-ring (bicyclic) bond motifs is 3. The Hall–Kier alpha value is -0.306. The van der Waals surface area contributed by atoms with Crippen LogP contribution < -0.4 is 24.8 Å². The van der Waals surface area contributed by atoms with Gasteiger partial charge in [0.05, 0.1) is 0 Å². The van der Waals surface area contributed by atoms with Crippen molar-refractivity contribution in [1.29, 1.82) is 0 Å². The van der Waals surface area contributed by atoms with Crippen molar-refractivity contribution in [3.8, 4) is 11.1 Å². The molecule has 1 nitrogen and oxygen atoms in total. The zero-order valence-corrected chi connectivity index (χ0v) is 24.0. The Morgan fingerprint density at radius 3 is 1.23 bits per heavy atom. The molecule has 170 valence electrons. The first-order valence-electron chi connectivity index (χ1n) is 10.9. The summed E-state index contributed by atoms with van der Waals surface area (Å²) in [6.07, 6.45) is 0. The Morgan fingerprint density at radius 1 is 0.677 bits per heavy atom. The molecule has 0 unspecified atom stereocenters. The minimum Gasteiger partial charge on any atom is -1.00 e. The van der Waals surface area contributed by atoms with Crippen LogP contribution in [0.2, 0.25) is 0 Å². The second-order valence-electron chi connectivity index (χ2n) is 10.9. The van der Waals surface area contributed by atoms with Gasteiger partial charge in [-0.1, -0.05) is 41.5 Å². The van der Waals surface area contributed by atoms with Crippen LogP contribution >= 0.6 is 0 Å². The van der Waals surface area contributed by atoms with Gasteiger partial charge in [-0.05, 0) is 0 Å². The molecular formula is C27H39Cl2NTi. The molecule has 3 rings (SSSR count). The van der Waals surface area contributed by atoms with Crippen LogP contribution in [0.3, 0.4) is 0 Å². The number of nitrogens with zero attached hydrogens (tertiary/aromatic N) is 1. The largest absolute Gasteiger partial charge is 1.00 e. The molecule has 0 N–H and O–H groups in total. The minimum absolute atomic E-state index is 0. The van der Waals surface area contributed by atoms with Crippen molar-refractivity contribution >= 4 is 0 Å². The molecule has 4 heteroatoms. The predicted octanol–water partition coefficient (Wildman–Crippen LogP) is 2.52. The molecule has 31 heavy (non-hydrogen) atoms. The predicted molar refractivity (Wildman–Crippen MR) is 125 cm³/mol. The van der Waals surface area contributed by atoms with E-state index in [1.165, 1.54) is 33.4 Å². The second kappa shape index (κ2) is 11.7. The van der Waals surface area contributed by atoms with Gasteiger partial charge in [0.2, 0.25) is 0 Å². The Labute approximate surface area is 215 Å². The minimum atomic E-state index is 0. The summed E-state index contributed by atoms with van der Waals surface area (Å²) >= 11 is 2.33. The number of halogens is 2. The first-order chi connectivity index (χ1) is 13.2. The number of hydrogen-bond acceptors (Lipinski definition) is 0. The third kappa shape index (κ3) is 8.52. The maximum atomic E-state index is 4.54. The summed E-state index contributed by atoms with van der Waals surface area (Å²) in [7, 11) is 0. The van der Waals surface area contributed by atoms with E-state index >= 15 is 0 Å². The van der Waals surface area contributed by atoms with E-state index in [1.807, 2.05) is 0 Å². The zero-order valence-electron chi connectivity index (χ0n) is 20.9. The average molecular weight is 496 g/mol. The SMILES string of the molecule is CC(C)(C)[N-]C(C)(C)C.CC(C)c1ccc2c(c1)-c1cc(C(C)C)ccc1[CH]2[Ti+3].[Cl-].[Cl-]. The Morgan fingerprint density at radius 2 is 1.00 bits per heavy atom. The van der Waals surface area contributed by atoms with Crippen LogP contribution in [0.5, 0.6) is 0 Å². The Kier molecular flexibility index (Phi) is 11.6. The van der Waals surface area contributed by atoms with Crippen LogP contribution in [-0.4, -0.2) is 11.1 Å². The summed E-state index contributed by atoms with van der Waals surface area (Å²) in [5, 5.41) is 4.54. The van der Waals surface area contributed by atoms with E-state index in [0.29, 0.717) is 16.1 Å². The molecule has 0 aliphatic heterocycles. The fourth-order valence-electron chi connectivity index (χ4n) is 4.01. The molecule has 0 saturated carbocycles. The summed E-state index contributed by atoms with van der Waals surface area (Å²) in [6, 6.07) is 14.1. The second-order valence-corrected chi connectivity index (χ2v) is 11.8. The molecule has 0 atom stereocenters. The third-order valence-electron chi connectivity index (χ3n) is 5.07. The Bertz CT molecular complexity index is 776. The molecule has 0 spiro atoms. The van der Waals surface area contributed by atoms with Gasteiger partial charge in [0, 0.05) is 0 Å². The molecule has 2 aromatic carbocycles. The van der Waals surface area contributed by atoms with E-state index in [1.54, 1.807) is 0 Å². The van der Waals surface area contributed by atoms with E-state index in [0.717, 1.165) is 0 Å². The number of rotatable bonds is 2. The first-order valence-corrected chi connectivity index (χ1v) is 11.8. The molecule has 0 radical (unpaired) electrons. The molecule has 1 aliphatic rings. The van der Waals surface area contributed by atoms with E-state index in [2.05, 4.69) is 131 Å². The monoisotopic (exact) mass is 495 g/mol.